The third-order valence-corrected chi connectivity index (χ3v) is 2.40. The summed E-state index contributed by atoms with van der Waals surface area (Å²) in [5, 5.41) is 11.0. The Labute approximate surface area is 110 Å². The van der Waals surface area contributed by atoms with E-state index in [9.17, 15) is 9.59 Å². The van der Waals surface area contributed by atoms with Crippen molar-refractivity contribution in [3.05, 3.63) is 23.8 Å². The summed E-state index contributed by atoms with van der Waals surface area (Å²) in [7, 11) is 2.74. The van der Waals surface area contributed by atoms with E-state index in [4.69, 9.17) is 10.00 Å². The lowest BCUT2D eigenvalue weighted by molar-refractivity contribution is -0.139. The minimum atomic E-state index is -0.460. The van der Waals surface area contributed by atoms with E-state index in [1.807, 2.05) is 0 Å². The summed E-state index contributed by atoms with van der Waals surface area (Å²) in [5.41, 5.74) is 0.952. The maximum absolute atomic E-state index is 11.5. The Balaban J connectivity index is 3.06. The van der Waals surface area contributed by atoms with Gasteiger partial charge in [0.2, 0.25) is 5.91 Å². The van der Waals surface area contributed by atoms with Crippen molar-refractivity contribution >= 4 is 17.6 Å². The summed E-state index contributed by atoms with van der Waals surface area (Å²) >= 11 is 0. The number of rotatable bonds is 5. The highest BCUT2D eigenvalue weighted by atomic mass is 16.5. The molecule has 100 valence electrons. The molecule has 1 aromatic carbocycles. The molecule has 6 heteroatoms. The van der Waals surface area contributed by atoms with E-state index in [0.717, 1.165) is 0 Å². The van der Waals surface area contributed by atoms with Crippen LogP contribution in [0.2, 0.25) is 0 Å². The molecule has 1 N–H and O–H groups in total. The zero-order valence-electron chi connectivity index (χ0n) is 10.7. The van der Waals surface area contributed by atoms with E-state index in [0.29, 0.717) is 17.0 Å². The van der Waals surface area contributed by atoms with Crippen LogP contribution in [0.15, 0.2) is 18.2 Å². The lowest BCUT2D eigenvalue weighted by Gasteiger charge is -2.13. The van der Waals surface area contributed by atoms with Gasteiger partial charge in [-0.25, -0.2) is 0 Å². The van der Waals surface area contributed by atoms with Gasteiger partial charge in [0.05, 0.1) is 32.4 Å². The van der Waals surface area contributed by atoms with E-state index in [1.165, 1.54) is 14.2 Å². The number of anilines is 1. The molecule has 0 aliphatic heterocycles. The Hall–Kier alpha value is -2.55. The fourth-order valence-electron chi connectivity index (χ4n) is 1.52. The summed E-state index contributed by atoms with van der Waals surface area (Å²) in [6.45, 7) is 0. The van der Waals surface area contributed by atoms with Crippen LogP contribution in [0.5, 0.6) is 5.75 Å². The van der Waals surface area contributed by atoms with Gasteiger partial charge < -0.3 is 14.8 Å². The highest BCUT2D eigenvalue weighted by Gasteiger charge is 2.14. The number of para-hydroxylation sites is 1. The Morgan fingerprint density at radius 2 is 2.11 bits per heavy atom. The van der Waals surface area contributed by atoms with Crippen molar-refractivity contribution in [3.63, 3.8) is 0 Å². The molecule has 6 nitrogen and oxygen atoms in total. The highest BCUT2D eigenvalue weighted by molar-refractivity contribution is 5.95. The summed E-state index contributed by atoms with van der Waals surface area (Å²) < 4.78 is 9.72. The molecule has 0 unspecified atom stereocenters. The number of hydrogen-bond donors (Lipinski definition) is 1. The van der Waals surface area contributed by atoms with Crippen molar-refractivity contribution in [1.29, 1.82) is 5.26 Å². The first-order valence-electron chi connectivity index (χ1n) is 5.51. The molecule has 19 heavy (non-hydrogen) atoms. The molecule has 1 aromatic rings. The van der Waals surface area contributed by atoms with Gasteiger partial charge in [-0.15, -0.1) is 0 Å². The van der Waals surface area contributed by atoms with Crippen molar-refractivity contribution in [1.82, 2.24) is 0 Å². The molecular formula is C13H14N2O4. The molecule has 0 aliphatic carbocycles. The summed E-state index contributed by atoms with van der Waals surface area (Å²) in [6, 6.07) is 6.80. The number of amides is 1. The largest absolute Gasteiger partial charge is 0.495 e. The molecule has 0 fully saturated rings. The number of esters is 1. The van der Waals surface area contributed by atoms with Crippen LogP contribution in [-0.4, -0.2) is 26.1 Å². The number of ether oxygens (including phenoxy) is 2. The van der Waals surface area contributed by atoms with Crippen LogP contribution in [0.1, 0.15) is 12.0 Å². The Bertz CT molecular complexity index is 520. The summed E-state index contributed by atoms with van der Waals surface area (Å²) in [6.07, 6.45) is -0.258. The molecule has 0 saturated heterocycles. The van der Waals surface area contributed by atoms with Gasteiger partial charge in [-0.3, -0.25) is 9.59 Å². The van der Waals surface area contributed by atoms with Crippen LogP contribution in [0, 0.1) is 11.3 Å². The average Bonchev–Trinajstić information content (AvgIpc) is 2.40. The van der Waals surface area contributed by atoms with Gasteiger partial charge in [0.1, 0.15) is 12.2 Å². The zero-order valence-corrected chi connectivity index (χ0v) is 10.7. The van der Waals surface area contributed by atoms with Crippen LogP contribution in [0.3, 0.4) is 0 Å². The fourth-order valence-corrected chi connectivity index (χ4v) is 1.52. The van der Waals surface area contributed by atoms with Gasteiger partial charge in [0.15, 0.2) is 0 Å². The molecule has 0 spiro atoms. The SMILES string of the molecule is COC(=O)Cc1cccc(OC)c1NC(=O)CC#N. The average molecular weight is 262 g/mol. The van der Waals surface area contributed by atoms with Gasteiger partial charge in [-0.05, 0) is 11.6 Å². The maximum atomic E-state index is 11.5. The molecule has 0 radical (unpaired) electrons. The number of hydrogen-bond acceptors (Lipinski definition) is 5. The van der Waals surface area contributed by atoms with E-state index in [1.54, 1.807) is 24.3 Å². The molecule has 0 saturated carbocycles. The van der Waals surface area contributed by atoms with Crippen LogP contribution in [0.25, 0.3) is 0 Å². The van der Waals surface area contributed by atoms with Crippen molar-refractivity contribution in [2.75, 3.05) is 19.5 Å². The van der Waals surface area contributed by atoms with Gasteiger partial charge >= 0.3 is 5.97 Å². The number of methoxy groups -OCH3 is 2. The lowest BCUT2D eigenvalue weighted by Crippen LogP contribution is -2.14. The fraction of sp³-hybridized carbons (Fsp3) is 0.308. The van der Waals surface area contributed by atoms with Crippen LogP contribution in [0.4, 0.5) is 5.69 Å². The van der Waals surface area contributed by atoms with E-state index < -0.39 is 11.9 Å². The number of nitriles is 1. The van der Waals surface area contributed by atoms with Gasteiger partial charge in [0.25, 0.3) is 0 Å². The monoisotopic (exact) mass is 262 g/mol. The predicted octanol–water partition coefficient (Wildman–Crippen LogP) is 1.26. The molecule has 0 aromatic heterocycles. The molecule has 0 heterocycles. The number of nitrogens with zero attached hydrogens (tertiary/aromatic N) is 1. The molecule has 1 amide bonds. The van der Waals surface area contributed by atoms with Crippen molar-refractivity contribution in [3.8, 4) is 11.8 Å². The molecule has 0 atom stereocenters. The number of nitrogens with one attached hydrogen (secondary N) is 1. The lowest BCUT2D eigenvalue weighted by atomic mass is 10.1. The first-order valence-corrected chi connectivity index (χ1v) is 5.51. The molecule has 0 aliphatic rings. The smallest absolute Gasteiger partial charge is 0.310 e. The number of carbonyl (C=O) groups is 2. The minimum absolute atomic E-state index is 0.00979. The Morgan fingerprint density at radius 1 is 1.37 bits per heavy atom. The topological polar surface area (TPSA) is 88.4 Å². The third-order valence-electron chi connectivity index (χ3n) is 2.40. The van der Waals surface area contributed by atoms with E-state index in [-0.39, 0.29) is 12.8 Å². The van der Waals surface area contributed by atoms with E-state index >= 15 is 0 Å². The Morgan fingerprint density at radius 3 is 2.68 bits per heavy atom. The molecule has 1 rings (SSSR count). The standard InChI is InChI=1S/C13H14N2O4/c1-18-10-5-3-4-9(8-12(17)19-2)13(10)15-11(16)6-7-14/h3-5H,6,8H2,1-2H3,(H,15,16). The quantitative estimate of drug-likeness (QED) is 0.807. The van der Waals surface area contributed by atoms with Crippen molar-refractivity contribution in [2.45, 2.75) is 12.8 Å². The molecular weight excluding hydrogens is 248 g/mol. The molecule has 0 bridgehead atoms. The predicted molar refractivity (Wildman–Crippen MR) is 67.6 cm³/mol. The first-order chi connectivity index (χ1) is 9.12. The minimum Gasteiger partial charge on any atom is -0.495 e. The second-order valence-electron chi connectivity index (χ2n) is 3.63. The third kappa shape index (κ3) is 4.00. The second-order valence-corrected chi connectivity index (χ2v) is 3.63. The van der Waals surface area contributed by atoms with Crippen molar-refractivity contribution in [2.24, 2.45) is 0 Å². The first kappa shape index (κ1) is 14.5. The van der Waals surface area contributed by atoms with Crippen LogP contribution in [-0.2, 0) is 20.7 Å². The van der Waals surface area contributed by atoms with Gasteiger partial charge in [-0.1, -0.05) is 12.1 Å². The van der Waals surface area contributed by atoms with Gasteiger partial charge in [-0.2, -0.15) is 5.26 Å². The number of benzene rings is 1. The highest BCUT2D eigenvalue weighted by Crippen LogP contribution is 2.29. The van der Waals surface area contributed by atoms with Crippen LogP contribution < -0.4 is 10.1 Å². The van der Waals surface area contributed by atoms with E-state index in [2.05, 4.69) is 10.1 Å². The number of carbonyl (C=O) groups excluding carboxylic acids is 2. The zero-order chi connectivity index (χ0) is 14.3. The van der Waals surface area contributed by atoms with Gasteiger partial charge in [0, 0.05) is 0 Å². The summed E-state index contributed by atoms with van der Waals surface area (Å²) in [5.74, 6) is -0.463. The maximum Gasteiger partial charge on any atom is 0.310 e. The normalized spacial score (nSPS) is 9.32. The van der Waals surface area contributed by atoms with Crippen LogP contribution >= 0.6 is 0 Å². The second kappa shape index (κ2) is 7.01. The van der Waals surface area contributed by atoms with Crippen molar-refractivity contribution < 1.29 is 19.1 Å². The summed E-state index contributed by atoms with van der Waals surface area (Å²) in [4.78, 5) is 22.8. The Kier molecular flexibility index (Phi) is 5.35.